The van der Waals surface area contributed by atoms with E-state index in [-0.39, 0.29) is 0 Å². The Morgan fingerprint density at radius 3 is 3.08 bits per heavy atom. The van der Waals surface area contributed by atoms with Crippen molar-refractivity contribution < 1.29 is 9.90 Å². The molecule has 0 atom stereocenters. The molecular weight excluding hydrogens is 166 g/mol. The molecule has 0 fully saturated rings. The van der Waals surface area contributed by atoms with Crippen LogP contribution in [-0.2, 0) is 6.54 Å². The third kappa shape index (κ3) is 2.38. The van der Waals surface area contributed by atoms with Gasteiger partial charge in [0.2, 0.25) is 0 Å². The zero-order valence-electron chi connectivity index (χ0n) is 7.23. The highest BCUT2D eigenvalue weighted by Gasteiger charge is 2.06. The summed E-state index contributed by atoms with van der Waals surface area (Å²) in [6.45, 7) is 0.666. The van der Waals surface area contributed by atoms with Crippen molar-refractivity contribution in [1.29, 1.82) is 0 Å². The number of carboxylic acids is 1. The molecule has 0 unspecified atom stereocenters. The van der Waals surface area contributed by atoms with Gasteiger partial charge in [0.1, 0.15) is 5.69 Å². The van der Waals surface area contributed by atoms with Crippen molar-refractivity contribution in [2.75, 3.05) is 0 Å². The highest BCUT2D eigenvalue weighted by Crippen LogP contribution is 2.04. The molecule has 0 aliphatic heterocycles. The molecule has 1 heterocycles. The van der Waals surface area contributed by atoms with E-state index in [0.29, 0.717) is 18.7 Å². The molecule has 0 saturated heterocycles. The quantitative estimate of drug-likeness (QED) is 0.560. The molecule has 13 heavy (non-hydrogen) atoms. The third-order valence-electron chi connectivity index (χ3n) is 1.77. The number of terminal acetylenes is 1. The van der Waals surface area contributed by atoms with Gasteiger partial charge in [-0.15, -0.1) is 12.3 Å². The van der Waals surface area contributed by atoms with Crippen molar-refractivity contribution >= 4 is 5.97 Å². The van der Waals surface area contributed by atoms with E-state index in [2.05, 4.69) is 5.92 Å². The van der Waals surface area contributed by atoms with Gasteiger partial charge in [-0.3, -0.25) is 0 Å². The van der Waals surface area contributed by atoms with Crippen molar-refractivity contribution in [2.24, 2.45) is 0 Å². The third-order valence-corrected chi connectivity index (χ3v) is 1.77. The molecule has 1 rings (SSSR count). The van der Waals surface area contributed by atoms with Crippen molar-refractivity contribution in [1.82, 2.24) is 4.57 Å². The van der Waals surface area contributed by atoms with Crippen molar-refractivity contribution in [3.05, 3.63) is 24.0 Å². The van der Waals surface area contributed by atoms with E-state index in [1.807, 2.05) is 0 Å². The van der Waals surface area contributed by atoms with Gasteiger partial charge in [-0.25, -0.2) is 4.79 Å². The standard InChI is InChI=1S/C10H11NO2/c1-2-3-4-7-11-8-5-6-9(11)10(12)13/h1,5-6,8H,3-4,7H2,(H,12,13). The minimum atomic E-state index is -0.897. The van der Waals surface area contributed by atoms with E-state index in [1.54, 1.807) is 22.9 Å². The molecule has 0 aromatic carbocycles. The fourth-order valence-electron chi connectivity index (χ4n) is 1.15. The smallest absolute Gasteiger partial charge is 0.352 e. The summed E-state index contributed by atoms with van der Waals surface area (Å²) in [5.74, 6) is 1.62. The molecule has 0 amide bonds. The van der Waals surface area contributed by atoms with Crippen LogP contribution in [0.25, 0.3) is 0 Å². The summed E-state index contributed by atoms with van der Waals surface area (Å²) in [6.07, 6.45) is 8.33. The Kier molecular flexibility index (Phi) is 3.15. The summed E-state index contributed by atoms with van der Waals surface area (Å²) in [7, 11) is 0. The Balaban J connectivity index is 2.61. The van der Waals surface area contributed by atoms with Crippen LogP contribution < -0.4 is 0 Å². The maximum Gasteiger partial charge on any atom is 0.352 e. The number of aromatic nitrogens is 1. The number of rotatable bonds is 4. The van der Waals surface area contributed by atoms with E-state index < -0.39 is 5.97 Å². The summed E-state index contributed by atoms with van der Waals surface area (Å²) >= 11 is 0. The molecule has 1 aromatic heterocycles. The number of hydrogen-bond acceptors (Lipinski definition) is 1. The molecule has 0 radical (unpaired) electrons. The van der Waals surface area contributed by atoms with E-state index >= 15 is 0 Å². The molecule has 3 heteroatoms. The van der Waals surface area contributed by atoms with Crippen LogP contribution in [0.2, 0.25) is 0 Å². The fourth-order valence-corrected chi connectivity index (χ4v) is 1.15. The number of nitrogens with zero attached hydrogens (tertiary/aromatic N) is 1. The van der Waals surface area contributed by atoms with Crippen LogP contribution in [0, 0.1) is 12.3 Å². The van der Waals surface area contributed by atoms with Crippen LogP contribution in [0.5, 0.6) is 0 Å². The van der Waals surface area contributed by atoms with Crippen LogP contribution in [-0.4, -0.2) is 15.6 Å². The van der Waals surface area contributed by atoms with Crippen LogP contribution in [0.4, 0.5) is 0 Å². The molecule has 0 aliphatic carbocycles. The highest BCUT2D eigenvalue weighted by molar-refractivity contribution is 5.85. The highest BCUT2D eigenvalue weighted by atomic mass is 16.4. The maximum absolute atomic E-state index is 10.7. The lowest BCUT2D eigenvalue weighted by molar-refractivity contribution is 0.0685. The Morgan fingerprint density at radius 1 is 1.69 bits per heavy atom. The lowest BCUT2D eigenvalue weighted by Gasteiger charge is -2.03. The monoisotopic (exact) mass is 177 g/mol. The number of carboxylic acid groups (broad SMARTS) is 1. The fraction of sp³-hybridized carbons (Fsp3) is 0.300. The van der Waals surface area contributed by atoms with Crippen molar-refractivity contribution in [3.63, 3.8) is 0 Å². The zero-order chi connectivity index (χ0) is 9.68. The van der Waals surface area contributed by atoms with Crippen LogP contribution in [0.1, 0.15) is 23.3 Å². The Hall–Kier alpha value is -1.69. The van der Waals surface area contributed by atoms with E-state index in [0.717, 1.165) is 6.42 Å². The van der Waals surface area contributed by atoms with Gasteiger partial charge >= 0.3 is 5.97 Å². The maximum atomic E-state index is 10.7. The minimum absolute atomic E-state index is 0.317. The van der Waals surface area contributed by atoms with Gasteiger partial charge in [-0.05, 0) is 18.6 Å². The molecule has 0 saturated carbocycles. The average Bonchev–Trinajstić information content (AvgIpc) is 2.53. The predicted molar refractivity (Wildman–Crippen MR) is 49.5 cm³/mol. The number of unbranched alkanes of at least 4 members (excludes halogenated alkanes) is 1. The van der Waals surface area contributed by atoms with Crippen molar-refractivity contribution in [2.45, 2.75) is 19.4 Å². The first-order valence-corrected chi connectivity index (χ1v) is 4.07. The second kappa shape index (κ2) is 4.36. The van der Waals surface area contributed by atoms with E-state index in [9.17, 15) is 4.79 Å². The van der Waals surface area contributed by atoms with Gasteiger partial charge in [0, 0.05) is 19.2 Å². The predicted octanol–water partition coefficient (Wildman–Crippen LogP) is 1.60. The van der Waals surface area contributed by atoms with Crippen LogP contribution in [0.15, 0.2) is 18.3 Å². The molecule has 1 N–H and O–H groups in total. The Labute approximate surface area is 77.0 Å². The lowest BCUT2D eigenvalue weighted by atomic mass is 10.3. The molecule has 0 bridgehead atoms. The molecule has 1 aromatic rings. The number of carbonyl (C=O) groups is 1. The van der Waals surface area contributed by atoms with Gasteiger partial charge in [-0.2, -0.15) is 0 Å². The summed E-state index contributed by atoms with van der Waals surface area (Å²) in [6, 6.07) is 3.30. The second-order valence-corrected chi connectivity index (χ2v) is 2.70. The first-order chi connectivity index (χ1) is 6.25. The molecule has 0 spiro atoms. The van der Waals surface area contributed by atoms with Crippen LogP contribution >= 0.6 is 0 Å². The van der Waals surface area contributed by atoms with Gasteiger partial charge in [0.25, 0.3) is 0 Å². The largest absolute Gasteiger partial charge is 0.477 e. The summed E-state index contributed by atoms with van der Waals surface area (Å²) in [5.41, 5.74) is 0.317. The number of aryl methyl sites for hydroxylation is 1. The molecule has 0 aliphatic rings. The van der Waals surface area contributed by atoms with E-state index in [4.69, 9.17) is 11.5 Å². The minimum Gasteiger partial charge on any atom is -0.477 e. The first-order valence-electron chi connectivity index (χ1n) is 4.07. The summed E-state index contributed by atoms with van der Waals surface area (Å²) in [4.78, 5) is 10.7. The van der Waals surface area contributed by atoms with Crippen molar-refractivity contribution in [3.8, 4) is 12.3 Å². The number of aromatic carboxylic acids is 1. The molecular formula is C10H11NO2. The first kappa shape index (κ1) is 9.40. The van der Waals surface area contributed by atoms with Gasteiger partial charge in [-0.1, -0.05) is 0 Å². The van der Waals surface area contributed by atoms with Gasteiger partial charge in [0.15, 0.2) is 0 Å². The molecule has 68 valence electrons. The average molecular weight is 177 g/mol. The van der Waals surface area contributed by atoms with E-state index in [1.165, 1.54) is 0 Å². The lowest BCUT2D eigenvalue weighted by Crippen LogP contribution is -2.07. The number of hydrogen-bond donors (Lipinski definition) is 1. The second-order valence-electron chi connectivity index (χ2n) is 2.70. The Morgan fingerprint density at radius 2 is 2.46 bits per heavy atom. The zero-order valence-corrected chi connectivity index (χ0v) is 7.23. The normalized spacial score (nSPS) is 9.46. The topological polar surface area (TPSA) is 42.2 Å². The van der Waals surface area contributed by atoms with Crippen LogP contribution in [0.3, 0.4) is 0 Å². The SMILES string of the molecule is C#CCCCn1cccc1C(=O)O. The Bertz CT molecular complexity index is 333. The summed E-state index contributed by atoms with van der Waals surface area (Å²) in [5, 5.41) is 8.75. The molecule has 3 nitrogen and oxygen atoms in total. The summed E-state index contributed by atoms with van der Waals surface area (Å²) < 4.78 is 1.69. The van der Waals surface area contributed by atoms with Gasteiger partial charge < -0.3 is 9.67 Å². The van der Waals surface area contributed by atoms with Gasteiger partial charge in [0.05, 0.1) is 0 Å².